The van der Waals surface area contributed by atoms with Gasteiger partial charge in [0, 0.05) is 35.4 Å². The Morgan fingerprint density at radius 1 is 1.35 bits per heavy atom. The second-order valence-corrected chi connectivity index (χ2v) is 5.77. The van der Waals surface area contributed by atoms with Gasteiger partial charge in [0.05, 0.1) is 11.5 Å². The van der Waals surface area contributed by atoms with Gasteiger partial charge in [-0.05, 0) is 54.0 Å². The Labute approximate surface area is 143 Å². The predicted octanol–water partition coefficient (Wildman–Crippen LogP) is 4.13. The molecule has 0 spiro atoms. The second kappa shape index (κ2) is 8.81. The molecule has 124 valence electrons. The third-order valence-electron chi connectivity index (χ3n) is 3.24. The Kier molecular flexibility index (Phi) is 6.76. The molecule has 1 aromatic heterocycles. The lowest BCUT2D eigenvalue weighted by Crippen LogP contribution is -2.15. The van der Waals surface area contributed by atoms with Crippen LogP contribution in [0.3, 0.4) is 0 Å². The molecule has 0 aliphatic rings. The zero-order chi connectivity index (χ0) is 16.7. The van der Waals surface area contributed by atoms with Crippen LogP contribution < -0.4 is 5.32 Å². The standard InChI is InChI=1S/C16H19BrN2O4/c1-2-22-9-3-8-18-11-13-5-7-16(23-13)14-6-4-12(19(20)21)10-15(14)17/h4-7,10,18H,2-3,8-9,11H2,1H3. The predicted molar refractivity (Wildman–Crippen MR) is 91.3 cm³/mol. The van der Waals surface area contributed by atoms with Gasteiger partial charge in [0.15, 0.2) is 0 Å². The van der Waals surface area contributed by atoms with Gasteiger partial charge < -0.3 is 14.5 Å². The fourth-order valence-electron chi connectivity index (χ4n) is 2.09. The summed E-state index contributed by atoms with van der Waals surface area (Å²) in [6, 6.07) is 8.39. The lowest BCUT2D eigenvalue weighted by Gasteiger charge is -2.04. The van der Waals surface area contributed by atoms with E-state index in [9.17, 15) is 10.1 Å². The molecular weight excluding hydrogens is 364 g/mol. The molecule has 0 radical (unpaired) electrons. The van der Waals surface area contributed by atoms with Gasteiger partial charge in [-0.15, -0.1) is 0 Å². The van der Waals surface area contributed by atoms with E-state index in [1.54, 1.807) is 6.07 Å². The van der Waals surface area contributed by atoms with Crippen LogP contribution in [0.5, 0.6) is 0 Å². The smallest absolute Gasteiger partial charge is 0.270 e. The minimum absolute atomic E-state index is 0.0448. The monoisotopic (exact) mass is 382 g/mol. The van der Waals surface area contributed by atoms with Gasteiger partial charge in [-0.2, -0.15) is 0 Å². The number of nitrogens with one attached hydrogen (secondary N) is 1. The van der Waals surface area contributed by atoms with Crippen LogP contribution in [0, 0.1) is 10.1 Å². The molecule has 7 heteroatoms. The van der Waals surface area contributed by atoms with Crippen molar-refractivity contribution in [3.8, 4) is 11.3 Å². The van der Waals surface area contributed by atoms with Gasteiger partial charge in [0.2, 0.25) is 0 Å². The van der Waals surface area contributed by atoms with Gasteiger partial charge in [-0.1, -0.05) is 0 Å². The zero-order valence-corrected chi connectivity index (χ0v) is 14.5. The van der Waals surface area contributed by atoms with E-state index in [-0.39, 0.29) is 5.69 Å². The number of nitro benzene ring substituents is 1. The number of nitrogens with zero attached hydrogens (tertiary/aromatic N) is 1. The number of nitro groups is 1. The SMILES string of the molecule is CCOCCCNCc1ccc(-c2ccc([N+](=O)[O-])cc2Br)o1. The van der Waals surface area contributed by atoms with E-state index in [0.717, 1.165) is 37.5 Å². The van der Waals surface area contributed by atoms with Crippen LogP contribution in [0.15, 0.2) is 39.2 Å². The van der Waals surface area contributed by atoms with Crippen LogP contribution in [0.1, 0.15) is 19.1 Å². The maximum atomic E-state index is 10.8. The molecular formula is C16H19BrN2O4. The first kappa shape index (κ1) is 17.7. The first-order chi connectivity index (χ1) is 11.1. The van der Waals surface area contributed by atoms with Crippen molar-refractivity contribution in [1.82, 2.24) is 5.32 Å². The normalized spacial score (nSPS) is 10.9. The Morgan fingerprint density at radius 2 is 2.17 bits per heavy atom. The highest BCUT2D eigenvalue weighted by atomic mass is 79.9. The van der Waals surface area contributed by atoms with E-state index < -0.39 is 4.92 Å². The molecule has 2 rings (SSSR count). The Balaban J connectivity index is 1.93. The van der Waals surface area contributed by atoms with Crippen molar-refractivity contribution >= 4 is 21.6 Å². The van der Waals surface area contributed by atoms with Crippen molar-refractivity contribution in [2.45, 2.75) is 19.9 Å². The van der Waals surface area contributed by atoms with Gasteiger partial charge >= 0.3 is 0 Å². The quantitative estimate of drug-likeness (QED) is 0.400. The lowest BCUT2D eigenvalue weighted by molar-refractivity contribution is -0.384. The molecule has 2 aromatic rings. The molecule has 0 bridgehead atoms. The average molecular weight is 383 g/mol. The van der Waals surface area contributed by atoms with Crippen molar-refractivity contribution in [3.63, 3.8) is 0 Å². The van der Waals surface area contributed by atoms with Gasteiger partial charge in [0.1, 0.15) is 11.5 Å². The number of benzene rings is 1. The van der Waals surface area contributed by atoms with Crippen molar-refractivity contribution in [2.75, 3.05) is 19.8 Å². The highest BCUT2D eigenvalue weighted by Crippen LogP contribution is 2.32. The molecule has 0 fully saturated rings. The Hall–Kier alpha value is -1.70. The minimum atomic E-state index is -0.422. The first-order valence-electron chi connectivity index (χ1n) is 7.43. The van der Waals surface area contributed by atoms with E-state index in [4.69, 9.17) is 9.15 Å². The minimum Gasteiger partial charge on any atom is -0.460 e. The first-order valence-corrected chi connectivity index (χ1v) is 8.22. The van der Waals surface area contributed by atoms with Crippen molar-refractivity contribution in [2.24, 2.45) is 0 Å². The summed E-state index contributed by atoms with van der Waals surface area (Å²) in [5.74, 6) is 1.50. The number of halogens is 1. The second-order valence-electron chi connectivity index (χ2n) is 4.91. The summed E-state index contributed by atoms with van der Waals surface area (Å²) in [5.41, 5.74) is 0.835. The third-order valence-corrected chi connectivity index (χ3v) is 3.89. The van der Waals surface area contributed by atoms with Crippen LogP contribution in [0.2, 0.25) is 0 Å². The lowest BCUT2D eigenvalue weighted by atomic mass is 10.1. The van der Waals surface area contributed by atoms with E-state index in [2.05, 4.69) is 21.2 Å². The summed E-state index contributed by atoms with van der Waals surface area (Å²) in [4.78, 5) is 10.3. The molecule has 1 aromatic carbocycles. The number of hydrogen-bond acceptors (Lipinski definition) is 5. The van der Waals surface area contributed by atoms with Crippen LogP contribution in [0.4, 0.5) is 5.69 Å². The van der Waals surface area contributed by atoms with Crippen LogP contribution in [-0.2, 0) is 11.3 Å². The number of rotatable bonds is 9. The highest BCUT2D eigenvalue weighted by Gasteiger charge is 2.13. The molecule has 0 unspecified atom stereocenters. The van der Waals surface area contributed by atoms with E-state index in [0.29, 0.717) is 16.8 Å². The summed E-state index contributed by atoms with van der Waals surface area (Å²) in [6.07, 6.45) is 0.954. The molecule has 0 saturated carbocycles. The van der Waals surface area contributed by atoms with Crippen LogP contribution in [0.25, 0.3) is 11.3 Å². The Bertz CT molecular complexity index is 657. The van der Waals surface area contributed by atoms with Crippen LogP contribution >= 0.6 is 15.9 Å². The number of ether oxygens (including phenoxy) is 1. The summed E-state index contributed by atoms with van der Waals surface area (Å²) < 4.78 is 11.7. The summed E-state index contributed by atoms with van der Waals surface area (Å²) >= 11 is 3.36. The topological polar surface area (TPSA) is 77.5 Å². The summed E-state index contributed by atoms with van der Waals surface area (Å²) in [6.45, 7) is 4.97. The van der Waals surface area contributed by atoms with E-state index in [1.807, 2.05) is 19.1 Å². The maximum Gasteiger partial charge on any atom is 0.270 e. The zero-order valence-electron chi connectivity index (χ0n) is 12.9. The number of non-ortho nitro benzene ring substituents is 1. The van der Waals surface area contributed by atoms with E-state index >= 15 is 0 Å². The van der Waals surface area contributed by atoms with Gasteiger partial charge in [-0.3, -0.25) is 10.1 Å². The summed E-state index contributed by atoms with van der Waals surface area (Å²) in [7, 11) is 0. The molecule has 0 aliphatic heterocycles. The van der Waals surface area contributed by atoms with E-state index in [1.165, 1.54) is 12.1 Å². The molecule has 0 aliphatic carbocycles. The molecule has 0 atom stereocenters. The van der Waals surface area contributed by atoms with Crippen molar-refractivity contribution in [3.05, 3.63) is 50.7 Å². The summed E-state index contributed by atoms with van der Waals surface area (Å²) in [5, 5.41) is 14.1. The Morgan fingerprint density at radius 3 is 2.87 bits per heavy atom. The number of hydrogen-bond donors (Lipinski definition) is 1. The van der Waals surface area contributed by atoms with Crippen LogP contribution in [-0.4, -0.2) is 24.7 Å². The molecule has 23 heavy (non-hydrogen) atoms. The average Bonchev–Trinajstić information content (AvgIpc) is 2.99. The number of furan rings is 1. The maximum absolute atomic E-state index is 10.8. The molecule has 1 heterocycles. The largest absolute Gasteiger partial charge is 0.460 e. The molecule has 0 saturated heterocycles. The molecule has 6 nitrogen and oxygen atoms in total. The molecule has 0 amide bonds. The van der Waals surface area contributed by atoms with Gasteiger partial charge in [-0.25, -0.2) is 0 Å². The third kappa shape index (κ3) is 5.16. The highest BCUT2D eigenvalue weighted by molar-refractivity contribution is 9.10. The van der Waals surface area contributed by atoms with Crippen molar-refractivity contribution < 1.29 is 14.1 Å². The van der Waals surface area contributed by atoms with Crippen molar-refractivity contribution in [1.29, 1.82) is 0 Å². The molecule has 1 N–H and O–H groups in total. The fraction of sp³-hybridized carbons (Fsp3) is 0.375. The fourth-order valence-corrected chi connectivity index (χ4v) is 2.65. The van der Waals surface area contributed by atoms with Gasteiger partial charge in [0.25, 0.3) is 5.69 Å².